The van der Waals surface area contributed by atoms with E-state index < -0.39 is 5.91 Å². The molecular formula is C27H24N4O4. The second-order valence-electron chi connectivity index (χ2n) is 7.68. The number of benzene rings is 2. The largest absolute Gasteiger partial charge is 0.486 e. The lowest BCUT2D eigenvalue weighted by Crippen LogP contribution is -2.16. The summed E-state index contributed by atoms with van der Waals surface area (Å²) in [7, 11) is 0. The number of hydrogen-bond donors (Lipinski definition) is 1. The minimum atomic E-state index is -0.496. The summed E-state index contributed by atoms with van der Waals surface area (Å²) in [6, 6.07) is 24.2. The molecule has 0 bridgehead atoms. The minimum Gasteiger partial charge on any atom is -0.486 e. The molecule has 0 saturated carbocycles. The number of ether oxygens (including phenoxy) is 2. The van der Waals surface area contributed by atoms with Crippen LogP contribution in [-0.4, -0.2) is 23.3 Å². The molecule has 0 radical (unpaired) electrons. The van der Waals surface area contributed by atoms with Crippen molar-refractivity contribution in [1.29, 1.82) is 5.26 Å². The number of carbonyl (C=O) groups excluding carboxylic acids is 1. The molecule has 2 heterocycles. The Hall–Kier alpha value is -4.77. The van der Waals surface area contributed by atoms with Gasteiger partial charge >= 0.3 is 5.91 Å². The second-order valence-corrected chi connectivity index (χ2v) is 7.68. The lowest BCUT2D eigenvalue weighted by atomic mass is 10.2. The van der Waals surface area contributed by atoms with Crippen molar-refractivity contribution in [2.75, 3.05) is 6.61 Å². The van der Waals surface area contributed by atoms with Gasteiger partial charge in [-0.15, -0.1) is 0 Å². The van der Waals surface area contributed by atoms with Crippen LogP contribution in [0.4, 0.5) is 0 Å². The van der Waals surface area contributed by atoms with Crippen molar-refractivity contribution in [1.82, 2.24) is 9.99 Å². The van der Waals surface area contributed by atoms with E-state index in [0.29, 0.717) is 22.8 Å². The van der Waals surface area contributed by atoms with E-state index in [-0.39, 0.29) is 19.0 Å². The van der Waals surface area contributed by atoms with E-state index in [9.17, 15) is 4.79 Å². The third kappa shape index (κ3) is 5.78. The fourth-order valence-corrected chi connectivity index (χ4v) is 3.54. The van der Waals surface area contributed by atoms with Crippen LogP contribution in [0.5, 0.6) is 11.5 Å². The van der Waals surface area contributed by atoms with E-state index in [4.69, 9.17) is 19.2 Å². The molecule has 8 heteroatoms. The molecular weight excluding hydrogens is 444 g/mol. The predicted octanol–water partition coefficient (Wildman–Crippen LogP) is 4.93. The summed E-state index contributed by atoms with van der Waals surface area (Å²) in [5.74, 6) is 1.32. The van der Waals surface area contributed by atoms with Crippen molar-refractivity contribution < 1.29 is 18.7 Å². The first kappa shape index (κ1) is 23.4. The average Bonchev–Trinajstić information content (AvgIpc) is 3.48. The number of furan rings is 1. The molecule has 0 fully saturated rings. The highest BCUT2D eigenvalue weighted by atomic mass is 16.5. The average molecular weight is 469 g/mol. The van der Waals surface area contributed by atoms with Crippen LogP contribution >= 0.6 is 0 Å². The Kier molecular flexibility index (Phi) is 7.28. The van der Waals surface area contributed by atoms with Gasteiger partial charge in [-0.05, 0) is 74.5 Å². The van der Waals surface area contributed by atoms with E-state index in [1.165, 1.54) is 17.6 Å². The monoisotopic (exact) mass is 468 g/mol. The number of aryl methyl sites for hydroxylation is 2. The molecule has 0 aliphatic rings. The first-order valence-electron chi connectivity index (χ1n) is 10.9. The van der Waals surface area contributed by atoms with Gasteiger partial charge in [0.25, 0.3) is 0 Å². The highest BCUT2D eigenvalue weighted by molar-refractivity contribution is 5.92. The minimum absolute atomic E-state index is 0.0783. The quantitative estimate of drug-likeness (QED) is 0.277. The van der Waals surface area contributed by atoms with Gasteiger partial charge in [0, 0.05) is 22.6 Å². The van der Waals surface area contributed by atoms with E-state index in [0.717, 1.165) is 5.69 Å². The topological polar surface area (TPSA) is 102 Å². The molecule has 1 amide bonds. The Balaban J connectivity index is 1.31. The van der Waals surface area contributed by atoms with Gasteiger partial charge in [0.2, 0.25) is 0 Å². The number of nitrogens with one attached hydrogen (secondary N) is 1. The van der Waals surface area contributed by atoms with E-state index >= 15 is 0 Å². The maximum absolute atomic E-state index is 12.3. The van der Waals surface area contributed by atoms with Gasteiger partial charge in [0.05, 0.1) is 6.21 Å². The number of amides is 1. The molecule has 4 rings (SSSR count). The number of nitriles is 1. The molecule has 8 nitrogen and oxygen atoms in total. The first-order valence-corrected chi connectivity index (χ1v) is 10.9. The fraction of sp³-hybridized carbons (Fsp3) is 0.148. The van der Waals surface area contributed by atoms with Crippen LogP contribution in [-0.2, 0) is 6.61 Å². The fourth-order valence-electron chi connectivity index (χ4n) is 3.54. The van der Waals surface area contributed by atoms with Crippen LogP contribution in [0.1, 0.15) is 33.3 Å². The normalized spacial score (nSPS) is 10.8. The van der Waals surface area contributed by atoms with Crippen LogP contribution in [0.15, 0.2) is 82.3 Å². The molecule has 0 aliphatic heterocycles. The summed E-state index contributed by atoms with van der Waals surface area (Å²) in [6.45, 7) is 4.24. The Bertz CT molecular complexity index is 1360. The van der Waals surface area contributed by atoms with Gasteiger partial charge in [-0.1, -0.05) is 12.1 Å². The van der Waals surface area contributed by atoms with Crippen LogP contribution < -0.4 is 14.9 Å². The zero-order chi connectivity index (χ0) is 24.6. The summed E-state index contributed by atoms with van der Waals surface area (Å²) < 4.78 is 18.9. The van der Waals surface area contributed by atoms with Crippen molar-refractivity contribution in [3.8, 4) is 23.3 Å². The second kappa shape index (κ2) is 10.9. The molecule has 0 aliphatic carbocycles. The summed E-state index contributed by atoms with van der Waals surface area (Å²) >= 11 is 0. The number of hydrogen-bond acceptors (Lipinski definition) is 6. The van der Waals surface area contributed by atoms with Gasteiger partial charge in [0.1, 0.15) is 29.9 Å². The van der Waals surface area contributed by atoms with Gasteiger partial charge in [-0.25, -0.2) is 5.43 Å². The summed E-state index contributed by atoms with van der Waals surface area (Å²) in [5, 5.41) is 12.6. The van der Waals surface area contributed by atoms with Crippen molar-refractivity contribution in [3.63, 3.8) is 0 Å². The smallest absolute Gasteiger partial charge is 0.307 e. The van der Waals surface area contributed by atoms with Crippen molar-refractivity contribution >= 4 is 12.1 Å². The molecule has 35 heavy (non-hydrogen) atoms. The van der Waals surface area contributed by atoms with Gasteiger partial charge in [-0.3, -0.25) is 4.79 Å². The maximum atomic E-state index is 12.3. The Labute approximate surface area is 203 Å². The SMILES string of the molecule is Cc1ccc(C)n1-c1ccc(OCc2ccc(C(=O)NN=Cc3ccccc3OCC#N)o2)cc1. The highest BCUT2D eigenvalue weighted by Gasteiger charge is 2.11. The third-order valence-electron chi connectivity index (χ3n) is 5.21. The van der Waals surface area contributed by atoms with Crippen molar-refractivity contribution in [2.45, 2.75) is 20.5 Å². The number of para-hydroxylation sites is 1. The third-order valence-corrected chi connectivity index (χ3v) is 5.21. The van der Waals surface area contributed by atoms with E-state index in [2.05, 4.69) is 41.1 Å². The summed E-state index contributed by atoms with van der Waals surface area (Å²) in [5.41, 5.74) is 6.44. The number of carbonyl (C=O) groups is 1. The molecule has 176 valence electrons. The molecule has 2 aromatic heterocycles. The number of hydrazone groups is 1. The van der Waals surface area contributed by atoms with Crippen LogP contribution in [0.3, 0.4) is 0 Å². The Morgan fingerprint density at radius 2 is 1.77 bits per heavy atom. The summed E-state index contributed by atoms with van der Waals surface area (Å²) in [6.07, 6.45) is 1.44. The predicted molar refractivity (Wildman–Crippen MR) is 131 cm³/mol. The van der Waals surface area contributed by atoms with Crippen LogP contribution in [0.2, 0.25) is 0 Å². The maximum Gasteiger partial charge on any atom is 0.307 e. The zero-order valence-electron chi connectivity index (χ0n) is 19.4. The van der Waals surface area contributed by atoms with E-state index in [1.54, 1.807) is 36.4 Å². The number of nitrogens with zero attached hydrogens (tertiary/aromatic N) is 3. The molecule has 0 spiro atoms. The molecule has 0 unspecified atom stereocenters. The molecule has 0 atom stereocenters. The van der Waals surface area contributed by atoms with E-state index in [1.807, 2.05) is 30.3 Å². The standard InChI is InChI=1S/C27H24N4O4/c1-19-7-8-20(2)31(19)22-9-11-23(12-10-22)34-18-24-13-14-26(35-24)27(32)30-29-17-21-5-3-4-6-25(21)33-16-15-28/h3-14,17H,16,18H2,1-2H3,(H,30,32). The lowest BCUT2D eigenvalue weighted by molar-refractivity contribution is 0.0923. The van der Waals surface area contributed by atoms with Gasteiger partial charge < -0.3 is 18.5 Å². The van der Waals surface area contributed by atoms with Crippen molar-refractivity contribution in [3.05, 3.63) is 101 Å². The number of rotatable bonds is 9. The summed E-state index contributed by atoms with van der Waals surface area (Å²) in [4.78, 5) is 12.3. The van der Waals surface area contributed by atoms with Crippen LogP contribution in [0.25, 0.3) is 5.69 Å². The van der Waals surface area contributed by atoms with Gasteiger partial charge in [-0.2, -0.15) is 10.4 Å². The zero-order valence-corrected chi connectivity index (χ0v) is 19.4. The Morgan fingerprint density at radius 3 is 2.51 bits per heavy atom. The molecule has 4 aromatic rings. The molecule has 2 aromatic carbocycles. The number of aromatic nitrogens is 1. The Morgan fingerprint density at radius 1 is 1.03 bits per heavy atom. The van der Waals surface area contributed by atoms with Crippen LogP contribution in [0, 0.1) is 25.2 Å². The molecule has 0 saturated heterocycles. The van der Waals surface area contributed by atoms with Crippen molar-refractivity contribution in [2.24, 2.45) is 5.10 Å². The highest BCUT2D eigenvalue weighted by Crippen LogP contribution is 2.21. The first-order chi connectivity index (χ1) is 17.0. The molecule has 1 N–H and O–H groups in total. The lowest BCUT2D eigenvalue weighted by Gasteiger charge is -2.10. The van der Waals surface area contributed by atoms with Gasteiger partial charge in [0.15, 0.2) is 12.4 Å².